The number of ether oxygens (including phenoxy) is 4. The summed E-state index contributed by atoms with van der Waals surface area (Å²) in [6.07, 6.45) is 0.881. The first-order valence-electron chi connectivity index (χ1n) is 28.6. The van der Waals surface area contributed by atoms with Gasteiger partial charge >= 0.3 is 0 Å². The van der Waals surface area contributed by atoms with E-state index in [1.807, 2.05) is 47.3 Å². The van der Waals surface area contributed by atoms with Crippen molar-refractivity contribution in [3.05, 3.63) is 0 Å². The molecule has 0 spiro atoms. The standard InChI is InChI=1S/C56H114N8O12/c1-12-13-48(8)57-14-18-61(22-26-65)33-52(69)37-73-41-56(42-74-38-53(70)34-62(23-27-66)19-15-58-49(9)30-45(2)3,43-75-39-54(71)35-63(24-28-67)20-16-59-50(10)31-46(4)5)44-76-40-55(72)36-64(25-29-68)21-17-60-51(11)32-47(6)7/h45-47,52-55,65-72H,12-44H2,1-11H3/b57-48+,58-49-,59-50-,60-51+. The summed E-state index contributed by atoms with van der Waals surface area (Å²) in [4.78, 5) is 26.5. The van der Waals surface area contributed by atoms with E-state index < -0.39 is 29.8 Å². The van der Waals surface area contributed by atoms with Crippen LogP contribution in [0, 0.1) is 23.2 Å². The van der Waals surface area contributed by atoms with E-state index in [1.54, 1.807) is 0 Å². The van der Waals surface area contributed by atoms with Crippen molar-refractivity contribution in [1.82, 2.24) is 19.6 Å². The quantitative estimate of drug-likeness (QED) is 0.0407. The fraction of sp³-hybridized carbons (Fsp3) is 0.929. The minimum atomic E-state index is -1.08. The van der Waals surface area contributed by atoms with E-state index in [0.29, 0.717) is 96.3 Å². The highest BCUT2D eigenvalue weighted by Gasteiger charge is 2.34. The average Bonchev–Trinajstić information content (AvgIpc) is 3.31. The van der Waals surface area contributed by atoms with Crippen LogP contribution in [-0.2, 0) is 18.9 Å². The third kappa shape index (κ3) is 42.0. The predicted molar refractivity (Wildman–Crippen MR) is 309 cm³/mol. The normalized spacial score (nSPS) is 15.9. The maximum absolute atomic E-state index is 11.3. The lowest BCUT2D eigenvalue weighted by Gasteiger charge is -2.35. The molecule has 0 saturated carbocycles. The van der Waals surface area contributed by atoms with Gasteiger partial charge in [0.1, 0.15) is 0 Å². The van der Waals surface area contributed by atoms with Crippen LogP contribution in [0.25, 0.3) is 0 Å². The molecule has 4 atom stereocenters. The molecule has 0 aliphatic carbocycles. The zero-order valence-electron chi connectivity index (χ0n) is 49.7. The summed E-state index contributed by atoms with van der Waals surface area (Å²) in [6, 6.07) is 0. The van der Waals surface area contributed by atoms with E-state index in [9.17, 15) is 40.9 Å². The lowest BCUT2D eigenvalue weighted by Crippen LogP contribution is -2.46. The number of aliphatic imine (C=N–C) groups is 4. The van der Waals surface area contributed by atoms with Gasteiger partial charge in [0.15, 0.2) is 0 Å². The van der Waals surface area contributed by atoms with Crippen molar-refractivity contribution in [2.24, 2.45) is 43.1 Å². The second-order valence-corrected chi connectivity index (χ2v) is 22.3. The molecular weight excluding hydrogens is 977 g/mol. The number of hydrogen-bond donors (Lipinski definition) is 8. The number of rotatable bonds is 52. The molecule has 450 valence electrons. The molecule has 76 heavy (non-hydrogen) atoms. The summed E-state index contributed by atoms with van der Waals surface area (Å²) in [6.45, 7) is 28.9. The SMILES string of the molecule is CCC/C(C)=N/CCN(CCO)CC(O)COCC(COCC(O)CN(CCO)CC/N=C(/C)CC(C)C)(COCC(O)CN(CCO)CC/N=C(/C)CC(C)C)COCC(O)CN(CCO)CC/N=C(\C)CC(C)C. The molecule has 20 nitrogen and oxygen atoms in total. The zero-order valence-corrected chi connectivity index (χ0v) is 49.7. The highest BCUT2D eigenvalue weighted by atomic mass is 16.5. The van der Waals surface area contributed by atoms with Crippen LogP contribution < -0.4 is 0 Å². The fourth-order valence-corrected chi connectivity index (χ4v) is 8.98. The Labute approximate surface area is 460 Å². The molecule has 0 rings (SSSR count). The third-order valence-electron chi connectivity index (χ3n) is 12.3. The van der Waals surface area contributed by atoms with Crippen molar-refractivity contribution in [2.75, 3.05) is 184 Å². The summed E-state index contributed by atoms with van der Waals surface area (Å²) in [5.41, 5.74) is 3.16. The van der Waals surface area contributed by atoms with Crippen LogP contribution in [0.2, 0.25) is 0 Å². The molecule has 4 unspecified atom stereocenters. The van der Waals surface area contributed by atoms with Gasteiger partial charge in [0.05, 0.1) is 135 Å². The minimum Gasteiger partial charge on any atom is -0.395 e. The summed E-state index contributed by atoms with van der Waals surface area (Å²) in [7, 11) is 0. The van der Waals surface area contributed by atoms with E-state index >= 15 is 0 Å². The minimum absolute atomic E-state index is 0.0358. The molecule has 0 heterocycles. The second kappa shape index (κ2) is 46.8. The Morgan fingerprint density at radius 2 is 0.632 bits per heavy atom. The van der Waals surface area contributed by atoms with E-state index in [-0.39, 0.29) is 105 Å². The smallest absolute Gasteiger partial charge is 0.0900 e. The Bertz CT molecular complexity index is 1380. The first kappa shape index (κ1) is 74.0. The van der Waals surface area contributed by atoms with E-state index in [2.05, 4.69) is 53.5 Å². The number of aliphatic hydroxyl groups is 8. The van der Waals surface area contributed by atoms with Crippen molar-refractivity contribution in [3.8, 4) is 0 Å². The predicted octanol–water partition coefficient (Wildman–Crippen LogP) is 2.44. The molecule has 0 aromatic carbocycles. The van der Waals surface area contributed by atoms with Gasteiger partial charge in [-0.15, -0.1) is 0 Å². The summed E-state index contributed by atoms with van der Waals surface area (Å²) < 4.78 is 25.2. The van der Waals surface area contributed by atoms with Gasteiger partial charge in [-0.05, 0) is 71.1 Å². The van der Waals surface area contributed by atoms with Gasteiger partial charge in [0.2, 0.25) is 0 Å². The van der Waals surface area contributed by atoms with Crippen LogP contribution in [-0.4, -0.2) is 292 Å². The average molecular weight is 1090 g/mol. The summed E-state index contributed by atoms with van der Waals surface area (Å²) in [5, 5.41) is 84.6. The molecule has 20 heteroatoms. The topological polar surface area (TPSA) is 261 Å². The van der Waals surface area contributed by atoms with Crippen molar-refractivity contribution < 1.29 is 59.8 Å². The highest BCUT2D eigenvalue weighted by molar-refractivity contribution is 5.83. The van der Waals surface area contributed by atoms with Gasteiger partial charge in [0, 0.05) is 101 Å². The van der Waals surface area contributed by atoms with Crippen molar-refractivity contribution in [3.63, 3.8) is 0 Å². The Kier molecular flexibility index (Phi) is 45.6. The van der Waals surface area contributed by atoms with Gasteiger partial charge in [-0.25, -0.2) is 0 Å². The molecule has 0 aromatic heterocycles. The second-order valence-electron chi connectivity index (χ2n) is 22.3. The van der Waals surface area contributed by atoms with Crippen molar-refractivity contribution in [1.29, 1.82) is 0 Å². The molecule has 0 fully saturated rings. The van der Waals surface area contributed by atoms with Gasteiger partial charge < -0.3 is 59.8 Å². The fourth-order valence-electron chi connectivity index (χ4n) is 8.98. The number of aliphatic hydroxyl groups excluding tert-OH is 8. The van der Waals surface area contributed by atoms with E-state index in [0.717, 1.165) is 55.0 Å². The van der Waals surface area contributed by atoms with Crippen LogP contribution in [0.4, 0.5) is 0 Å². The van der Waals surface area contributed by atoms with E-state index in [4.69, 9.17) is 33.9 Å². The van der Waals surface area contributed by atoms with Crippen LogP contribution in [0.3, 0.4) is 0 Å². The molecule has 0 amide bonds. The summed E-state index contributed by atoms with van der Waals surface area (Å²) in [5.74, 6) is 1.47. The molecule has 0 bridgehead atoms. The largest absolute Gasteiger partial charge is 0.395 e. The lowest BCUT2D eigenvalue weighted by molar-refractivity contribution is -0.134. The van der Waals surface area contributed by atoms with Crippen LogP contribution in [0.15, 0.2) is 20.0 Å². The van der Waals surface area contributed by atoms with Crippen LogP contribution in [0.1, 0.15) is 108 Å². The molecule has 0 saturated heterocycles. The monoisotopic (exact) mass is 1090 g/mol. The molecule has 0 aliphatic rings. The Balaban J connectivity index is 6.63. The molecule has 0 radical (unpaired) electrons. The van der Waals surface area contributed by atoms with E-state index in [1.165, 1.54) is 0 Å². The molecular formula is C56H114N8O12. The van der Waals surface area contributed by atoms with Crippen LogP contribution >= 0.6 is 0 Å². The maximum Gasteiger partial charge on any atom is 0.0900 e. The Morgan fingerprint density at radius 3 is 0.842 bits per heavy atom. The van der Waals surface area contributed by atoms with Gasteiger partial charge in [-0.1, -0.05) is 54.9 Å². The Morgan fingerprint density at radius 1 is 0.395 bits per heavy atom. The van der Waals surface area contributed by atoms with Crippen LogP contribution in [0.5, 0.6) is 0 Å². The maximum atomic E-state index is 11.3. The number of nitrogens with zero attached hydrogens (tertiary/aromatic N) is 8. The lowest BCUT2D eigenvalue weighted by atomic mass is 9.92. The van der Waals surface area contributed by atoms with Gasteiger partial charge in [0.25, 0.3) is 0 Å². The first-order chi connectivity index (χ1) is 36.2. The number of hydrogen-bond acceptors (Lipinski definition) is 20. The highest BCUT2D eigenvalue weighted by Crippen LogP contribution is 2.22. The molecule has 0 aromatic rings. The summed E-state index contributed by atoms with van der Waals surface area (Å²) >= 11 is 0. The Hall–Kier alpha value is -1.96. The molecule has 0 aliphatic heterocycles. The first-order valence-corrected chi connectivity index (χ1v) is 28.6. The van der Waals surface area contributed by atoms with Crippen molar-refractivity contribution >= 4 is 22.8 Å². The van der Waals surface area contributed by atoms with Crippen molar-refractivity contribution in [2.45, 2.75) is 133 Å². The zero-order chi connectivity index (χ0) is 57.2. The molecule has 8 N–H and O–H groups in total. The third-order valence-corrected chi connectivity index (χ3v) is 12.3. The van der Waals surface area contributed by atoms with Gasteiger partial charge in [-0.2, -0.15) is 0 Å². The van der Waals surface area contributed by atoms with Gasteiger partial charge in [-0.3, -0.25) is 39.6 Å².